The largest absolute Gasteiger partial charge is 0.326 e. The zero-order valence-corrected chi connectivity index (χ0v) is 17.1. The average molecular weight is 427 g/mol. The van der Waals surface area contributed by atoms with E-state index in [2.05, 4.69) is 11.4 Å². The topological polar surface area (TPSA) is 52.9 Å². The third kappa shape index (κ3) is 5.14. The second-order valence-corrected chi connectivity index (χ2v) is 7.50. The van der Waals surface area contributed by atoms with Crippen LogP contribution in [0.1, 0.15) is 28.2 Å². The summed E-state index contributed by atoms with van der Waals surface area (Å²) in [6, 6.07) is 18.5. The first-order valence-corrected chi connectivity index (χ1v) is 9.62. The van der Waals surface area contributed by atoms with Gasteiger partial charge in [0.2, 0.25) is 5.91 Å². The van der Waals surface area contributed by atoms with Crippen LogP contribution in [0.4, 0.5) is 10.1 Å². The zero-order valence-electron chi connectivity index (χ0n) is 15.5. The van der Waals surface area contributed by atoms with Crippen LogP contribution >= 0.6 is 23.2 Å². The van der Waals surface area contributed by atoms with Crippen molar-refractivity contribution in [3.63, 3.8) is 0 Å². The highest BCUT2D eigenvalue weighted by Crippen LogP contribution is 2.34. The maximum absolute atomic E-state index is 13.0. The van der Waals surface area contributed by atoms with E-state index >= 15 is 0 Å². The number of benzene rings is 3. The highest BCUT2D eigenvalue weighted by Gasteiger charge is 2.19. The van der Waals surface area contributed by atoms with Gasteiger partial charge in [0.15, 0.2) is 0 Å². The molecule has 1 N–H and O–H groups in total. The summed E-state index contributed by atoms with van der Waals surface area (Å²) < 4.78 is 13.0. The molecule has 3 rings (SSSR count). The summed E-state index contributed by atoms with van der Waals surface area (Å²) in [6.45, 7) is 1.84. The Morgan fingerprint density at radius 1 is 1.10 bits per heavy atom. The Morgan fingerprint density at radius 2 is 1.76 bits per heavy atom. The summed E-state index contributed by atoms with van der Waals surface area (Å²) in [5.74, 6) is -1.14. The van der Waals surface area contributed by atoms with Gasteiger partial charge in [-0.1, -0.05) is 53.5 Å². The molecule has 146 valence electrons. The van der Waals surface area contributed by atoms with Gasteiger partial charge in [0.1, 0.15) is 5.82 Å². The van der Waals surface area contributed by atoms with Crippen molar-refractivity contribution in [3.05, 3.63) is 98.8 Å². The maximum atomic E-state index is 13.0. The van der Waals surface area contributed by atoms with Crippen LogP contribution in [0.5, 0.6) is 0 Å². The van der Waals surface area contributed by atoms with Crippen molar-refractivity contribution in [1.29, 1.82) is 5.26 Å². The first kappa shape index (κ1) is 20.9. The van der Waals surface area contributed by atoms with Crippen LogP contribution in [0.2, 0.25) is 10.0 Å². The van der Waals surface area contributed by atoms with Crippen molar-refractivity contribution < 1.29 is 9.18 Å². The average Bonchev–Trinajstić information content (AvgIpc) is 2.69. The number of hydrogen-bond donors (Lipinski definition) is 1. The van der Waals surface area contributed by atoms with E-state index in [0.29, 0.717) is 26.9 Å². The number of aryl methyl sites for hydroxylation is 1. The van der Waals surface area contributed by atoms with Crippen LogP contribution in [-0.2, 0) is 11.2 Å². The minimum atomic E-state index is -0.553. The van der Waals surface area contributed by atoms with E-state index in [1.807, 2.05) is 6.92 Å². The molecule has 0 heterocycles. The quantitative estimate of drug-likeness (QED) is 0.521. The van der Waals surface area contributed by atoms with E-state index < -0.39 is 5.92 Å². The SMILES string of the molecule is Cc1cc(C(C#N)c2ccc(Cl)cc2)c(Cl)cc1NC(=O)Cc1ccc(F)cc1. The molecule has 0 aliphatic heterocycles. The van der Waals surface area contributed by atoms with E-state index in [1.54, 1.807) is 48.5 Å². The smallest absolute Gasteiger partial charge is 0.228 e. The first-order valence-electron chi connectivity index (χ1n) is 8.87. The molecule has 1 amide bonds. The molecule has 1 atom stereocenters. The Bertz CT molecular complexity index is 1070. The fourth-order valence-electron chi connectivity index (χ4n) is 3.02. The number of anilines is 1. The van der Waals surface area contributed by atoms with Gasteiger partial charge in [-0.3, -0.25) is 4.79 Å². The molecule has 0 aliphatic rings. The third-order valence-corrected chi connectivity index (χ3v) is 5.12. The zero-order chi connectivity index (χ0) is 21.0. The number of carbonyl (C=O) groups excluding carboxylic acids is 1. The van der Waals surface area contributed by atoms with Crippen molar-refractivity contribution in [1.82, 2.24) is 0 Å². The lowest BCUT2D eigenvalue weighted by Gasteiger charge is -2.16. The number of nitrogens with zero attached hydrogens (tertiary/aromatic N) is 1. The van der Waals surface area contributed by atoms with Gasteiger partial charge in [0.05, 0.1) is 18.4 Å². The summed E-state index contributed by atoms with van der Waals surface area (Å²) in [4.78, 5) is 12.3. The lowest BCUT2D eigenvalue weighted by atomic mass is 9.91. The molecule has 0 spiro atoms. The third-order valence-electron chi connectivity index (χ3n) is 4.54. The normalized spacial score (nSPS) is 11.6. The Kier molecular flexibility index (Phi) is 6.53. The van der Waals surface area contributed by atoms with Crippen molar-refractivity contribution in [3.8, 4) is 6.07 Å². The fraction of sp³-hybridized carbons (Fsp3) is 0.130. The second kappa shape index (κ2) is 9.09. The Morgan fingerprint density at radius 3 is 2.38 bits per heavy atom. The van der Waals surface area contributed by atoms with E-state index in [4.69, 9.17) is 23.2 Å². The number of nitriles is 1. The number of nitrogens with one attached hydrogen (secondary N) is 1. The van der Waals surface area contributed by atoms with Crippen LogP contribution < -0.4 is 5.32 Å². The molecule has 3 aromatic carbocycles. The van der Waals surface area contributed by atoms with Gasteiger partial charge in [0.25, 0.3) is 0 Å². The second-order valence-electron chi connectivity index (χ2n) is 6.65. The summed E-state index contributed by atoms with van der Waals surface area (Å²) >= 11 is 12.4. The molecule has 0 radical (unpaired) electrons. The minimum absolute atomic E-state index is 0.116. The number of halogens is 3. The molecule has 3 aromatic rings. The van der Waals surface area contributed by atoms with Gasteiger partial charge in [-0.2, -0.15) is 5.26 Å². The minimum Gasteiger partial charge on any atom is -0.326 e. The predicted octanol–water partition coefficient (Wildman–Crippen LogP) is 6.28. The van der Waals surface area contributed by atoms with Gasteiger partial charge >= 0.3 is 0 Å². The summed E-state index contributed by atoms with van der Waals surface area (Å²) in [6.07, 6.45) is 0.116. The maximum Gasteiger partial charge on any atom is 0.228 e. The first-order chi connectivity index (χ1) is 13.9. The highest BCUT2D eigenvalue weighted by molar-refractivity contribution is 6.32. The fourth-order valence-corrected chi connectivity index (χ4v) is 3.42. The molecule has 0 bridgehead atoms. The molecule has 29 heavy (non-hydrogen) atoms. The lowest BCUT2D eigenvalue weighted by Crippen LogP contribution is -2.15. The number of carbonyl (C=O) groups is 1. The molecule has 0 saturated heterocycles. The van der Waals surface area contributed by atoms with Crippen LogP contribution in [0, 0.1) is 24.1 Å². The van der Waals surface area contributed by atoms with Crippen molar-refractivity contribution in [2.24, 2.45) is 0 Å². The van der Waals surface area contributed by atoms with E-state index in [1.165, 1.54) is 12.1 Å². The number of rotatable bonds is 5. The summed E-state index contributed by atoms with van der Waals surface area (Å²) in [7, 11) is 0. The molecule has 0 fully saturated rings. The van der Waals surface area contributed by atoms with Gasteiger partial charge in [-0.15, -0.1) is 0 Å². The molecule has 0 aliphatic carbocycles. The Hall–Kier alpha value is -2.87. The molecule has 6 heteroatoms. The van der Waals surface area contributed by atoms with Crippen molar-refractivity contribution >= 4 is 34.8 Å². The van der Waals surface area contributed by atoms with Gasteiger partial charge in [0, 0.05) is 15.7 Å². The van der Waals surface area contributed by atoms with E-state index in [0.717, 1.165) is 11.1 Å². The van der Waals surface area contributed by atoms with E-state index in [9.17, 15) is 14.4 Å². The molecule has 1 unspecified atom stereocenters. The van der Waals surface area contributed by atoms with Crippen LogP contribution in [-0.4, -0.2) is 5.91 Å². The standard InChI is InChI=1S/C23H17Cl2FN2O/c1-14-10-19(20(13-27)16-4-6-17(24)7-5-16)21(25)12-22(14)28-23(29)11-15-2-8-18(26)9-3-15/h2-10,12,20H,11H2,1H3,(H,28,29). The monoisotopic (exact) mass is 426 g/mol. The molecule has 0 saturated carbocycles. The molecule has 0 aromatic heterocycles. The van der Waals surface area contributed by atoms with Crippen molar-refractivity contribution in [2.75, 3.05) is 5.32 Å². The number of amides is 1. The van der Waals surface area contributed by atoms with Crippen molar-refractivity contribution in [2.45, 2.75) is 19.3 Å². The van der Waals surface area contributed by atoms with Gasteiger partial charge < -0.3 is 5.32 Å². The highest BCUT2D eigenvalue weighted by atomic mass is 35.5. The Labute approximate surface area is 178 Å². The number of hydrogen-bond acceptors (Lipinski definition) is 2. The molecular weight excluding hydrogens is 410 g/mol. The lowest BCUT2D eigenvalue weighted by molar-refractivity contribution is -0.115. The van der Waals surface area contributed by atoms with Crippen LogP contribution in [0.3, 0.4) is 0 Å². The Balaban J connectivity index is 1.81. The summed E-state index contributed by atoms with van der Waals surface area (Å²) in [5, 5.41) is 13.5. The van der Waals surface area contributed by atoms with Gasteiger partial charge in [-0.25, -0.2) is 4.39 Å². The molecular formula is C23H17Cl2FN2O. The van der Waals surface area contributed by atoms with Crippen LogP contribution in [0.15, 0.2) is 60.7 Å². The summed E-state index contributed by atoms with van der Waals surface area (Å²) in [5.41, 5.74) is 3.50. The molecule has 3 nitrogen and oxygen atoms in total. The van der Waals surface area contributed by atoms with Gasteiger partial charge in [-0.05, 0) is 59.5 Å². The van der Waals surface area contributed by atoms with Crippen LogP contribution in [0.25, 0.3) is 0 Å². The predicted molar refractivity (Wildman–Crippen MR) is 114 cm³/mol. The van der Waals surface area contributed by atoms with E-state index in [-0.39, 0.29) is 18.1 Å².